The fourth-order valence-electron chi connectivity index (χ4n) is 1.99. The third-order valence-corrected chi connectivity index (χ3v) is 3.17. The molecule has 0 heterocycles. The molecule has 0 amide bonds. The Bertz CT molecular complexity index is 164. The molecule has 0 aromatic rings. The SMILES string of the molecule is CN(C)CCN(C)CC1(CCN)CC1. The summed E-state index contributed by atoms with van der Waals surface area (Å²) in [7, 11) is 6.47. The molecule has 0 aromatic carbocycles. The van der Waals surface area contributed by atoms with Gasteiger partial charge in [0.15, 0.2) is 0 Å². The van der Waals surface area contributed by atoms with Crippen LogP contribution >= 0.6 is 0 Å². The van der Waals surface area contributed by atoms with Crippen LogP contribution in [0.1, 0.15) is 19.3 Å². The molecule has 2 N–H and O–H groups in total. The standard InChI is InChI=1S/C11H25N3/c1-13(2)8-9-14(3)10-11(4-5-11)6-7-12/h4-10,12H2,1-3H3. The fraction of sp³-hybridized carbons (Fsp3) is 1.00. The maximum atomic E-state index is 5.63. The molecule has 0 aliphatic heterocycles. The van der Waals surface area contributed by atoms with Crippen LogP contribution in [0.25, 0.3) is 0 Å². The molecule has 1 aliphatic carbocycles. The van der Waals surface area contributed by atoms with Crippen LogP contribution in [0, 0.1) is 5.41 Å². The lowest BCUT2D eigenvalue weighted by atomic mass is 10.0. The molecular weight excluding hydrogens is 174 g/mol. The summed E-state index contributed by atoms with van der Waals surface area (Å²) in [4.78, 5) is 4.68. The monoisotopic (exact) mass is 199 g/mol. The second kappa shape index (κ2) is 5.10. The summed E-state index contributed by atoms with van der Waals surface area (Å²) in [5.41, 5.74) is 6.22. The van der Waals surface area contributed by atoms with Crippen molar-refractivity contribution >= 4 is 0 Å². The predicted octanol–water partition coefficient (Wildman–Crippen LogP) is 0.609. The van der Waals surface area contributed by atoms with Gasteiger partial charge in [0.25, 0.3) is 0 Å². The lowest BCUT2D eigenvalue weighted by Crippen LogP contribution is -2.33. The molecule has 1 fully saturated rings. The molecule has 0 radical (unpaired) electrons. The van der Waals surface area contributed by atoms with Crippen molar-refractivity contribution in [3.8, 4) is 0 Å². The van der Waals surface area contributed by atoms with E-state index in [1.807, 2.05) is 0 Å². The van der Waals surface area contributed by atoms with Gasteiger partial charge in [-0.2, -0.15) is 0 Å². The van der Waals surface area contributed by atoms with E-state index in [0.29, 0.717) is 5.41 Å². The van der Waals surface area contributed by atoms with Gasteiger partial charge in [0.2, 0.25) is 0 Å². The molecule has 0 atom stereocenters. The second-order valence-electron chi connectivity index (χ2n) is 5.08. The average Bonchev–Trinajstić information content (AvgIpc) is 2.82. The molecule has 0 unspecified atom stereocenters. The Labute approximate surface area is 88.2 Å². The first-order valence-corrected chi connectivity index (χ1v) is 5.61. The normalized spacial score (nSPS) is 19.3. The molecule has 0 spiro atoms. The van der Waals surface area contributed by atoms with Crippen molar-refractivity contribution in [2.75, 3.05) is 47.3 Å². The quantitative estimate of drug-likeness (QED) is 0.652. The van der Waals surface area contributed by atoms with Crippen molar-refractivity contribution in [1.82, 2.24) is 9.80 Å². The number of rotatable bonds is 7. The molecule has 1 saturated carbocycles. The lowest BCUT2D eigenvalue weighted by molar-refractivity contribution is 0.230. The molecule has 3 nitrogen and oxygen atoms in total. The van der Waals surface area contributed by atoms with E-state index in [0.717, 1.165) is 13.1 Å². The molecule has 0 saturated heterocycles. The van der Waals surface area contributed by atoms with Gasteiger partial charge in [-0.1, -0.05) is 0 Å². The number of nitrogens with two attached hydrogens (primary N) is 1. The van der Waals surface area contributed by atoms with Crippen LogP contribution in [0.4, 0.5) is 0 Å². The van der Waals surface area contributed by atoms with E-state index in [9.17, 15) is 0 Å². The molecule has 0 aromatic heterocycles. The van der Waals surface area contributed by atoms with E-state index in [4.69, 9.17) is 5.73 Å². The Morgan fingerprint density at radius 1 is 1.14 bits per heavy atom. The van der Waals surface area contributed by atoms with Crippen LogP contribution in [0.5, 0.6) is 0 Å². The number of likely N-dealkylation sites (N-methyl/N-ethyl adjacent to an activating group) is 2. The summed E-state index contributed by atoms with van der Waals surface area (Å²) in [5.74, 6) is 0. The van der Waals surface area contributed by atoms with Gasteiger partial charge in [0.05, 0.1) is 0 Å². The zero-order valence-electron chi connectivity index (χ0n) is 9.92. The molecule has 0 bridgehead atoms. The van der Waals surface area contributed by atoms with E-state index in [-0.39, 0.29) is 0 Å². The van der Waals surface area contributed by atoms with Gasteiger partial charge in [-0.25, -0.2) is 0 Å². The van der Waals surface area contributed by atoms with Gasteiger partial charge in [0, 0.05) is 19.6 Å². The van der Waals surface area contributed by atoms with Crippen molar-refractivity contribution in [3.63, 3.8) is 0 Å². The van der Waals surface area contributed by atoms with Gasteiger partial charge >= 0.3 is 0 Å². The van der Waals surface area contributed by atoms with Gasteiger partial charge < -0.3 is 15.5 Å². The summed E-state index contributed by atoms with van der Waals surface area (Å²) < 4.78 is 0. The highest BCUT2D eigenvalue weighted by atomic mass is 15.2. The Balaban J connectivity index is 2.16. The van der Waals surface area contributed by atoms with Crippen molar-refractivity contribution < 1.29 is 0 Å². The predicted molar refractivity (Wildman–Crippen MR) is 61.4 cm³/mol. The highest BCUT2D eigenvalue weighted by molar-refractivity contribution is 4.95. The van der Waals surface area contributed by atoms with E-state index in [1.165, 1.54) is 32.4 Å². The molecular formula is C11H25N3. The third kappa shape index (κ3) is 3.95. The molecule has 3 heteroatoms. The van der Waals surface area contributed by atoms with Crippen molar-refractivity contribution in [2.45, 2.75) is 19.3 Å². The van der Waals surface area contributed by atoms with Crippen molar-refractivity contribution in [2.24, 2.45) is 11.1 Å². The van der Waals surface area contributed by atoms with Gasteiger partial charge in [-0.05, 0) is 52.4 Å². The minimum Gasteiger partial charge on any atom is -0.330 e. The maximum absolute atomic E-state index is 5.63. The van der Waals surface area contributed by atoms with Crippen LogP contribution in [-0.2, 0) is 0 Å². The molecule has 1 rings (SSSR count). The molecule has 14 heavy (non-hydrogen) atoms. The second-order valence-corrected chi connectivity index (χ2v) is 5.08. The summed E-state index contributed by atoms with van der Waals surface area (Å²) >= 11 is 0. The summed E-state index contributed by atoms with van der Waals surface area (Å²) in [6.45, 7) is 4.40. The minimum absolute atomic E-state index is 0.593. The van der Waals surface area contributed by atoms with Gasteiger partial charge in [-0.15, -0.1) is 0 Å². The first kappa shape index (κ1) is 12.0. The number of hydrogen-bond acceptors (Lipinski definition) is 3. The largest absolute Gasteiger partial charge is 0.330 e. The van der Waals surface area contributed by atoms with Gasteiger partial charge in [-0.3, -0.25) is 0 Å². The average molecular weight is 199 g/mol. The van der Waals surface area contributed by atoms with E-state index < -0.39 is 0 Å². The van der Waals surface area contributed by atoms with Crippen molar-refractivity contribution in [3.05, 3.63) is 0 Å². The van der Waals surface area contributed by atoms with E-state index in [2.05, 4.69) is 30.9 Å². The Morgan fingerprint density at radius 2 is 1.79 bits per heavy atom. The summed E-state index contributed by atoms with van der Waals surface area (Å²) in [5, 5.41) is 0. The highest BCUT2D eigenvalue weighted by Gasteiger charge is 2.42. The first-order valence-electron chi connectivity index (χ1n) is 5.61. The molecule has 84 valence electrons. The smallest absolute Gasteiger partial charge is 0.0106 e. The number of hydrogen-bond donors (Lipinski definition) is 1. The van der Waals surface area contributed by atoms with Crippen LogP contribution < -0.4 is 5.73 Å². The van der Waals surface area contributed by atoms with Crippen LogP contribution in [0.2, 0.25) is 0 Å². The maximum Gasteiger partial charge on any atom is 0.0106 e. The molecule has 1 aliphatic rings. The first-order chi connectivity index (χ1) is 6.58. The van der Waals surface area contributed by atoms with Crippen LogP contribution in [0.3, 0.4) is 0 Å². The van der Waals surface area contributed by atoms with E-state index in [1.54, 1.807) is 0 Å². The van der Waals surface area contributed by atoms with Crippen LogP contribution in [-0.4, -0.2) is 57.1 Å². The van der Waals surface area contributed by atoms with Crippen LogP contribution in [0.15, 0.2) is 0 Å². The topological polar surface area (TPSA) is 32.5 Å². The minimum atomic E-state index is 0.593. The zero-order chi connectivity index (χ0) is 10.6. The number of nitrogens with zero attached hydrogens (tertiary/aromatic N) is 2. The van der Waals surface area contributed by atoms with Crippen molar-refractivity contribution in [1.29, 1.82) is 0 Å². The third-order valence-electron chi connectivity index (χ3n) is 3.17. The Kier molecular flexibility index (Phi) is 4.35. The Hall–Kier alpha value is -0.120. The summed E-state index contributed by atoms with van der Waals surface area (Å²) in [6, 6.07) is 0. The fourth-order valence-corrected chi connectivity index (χ4v) is 1.99. The van der Waals surface area contributed by atoms with Gasteiger partial charge in [0.1, 0.15) is 0 Å². The highest BCUT2D eigenvalue weighted by Crippen LogP contribution is 2.48. The summed E-state index contributed by atoms with van der Waals surface area (Å²) in [6.07, 6.45) is 3.98. The Morgan fingerprint density at radius 3 is 2.21 bits per heavy atom. The lowest BCUT2D eigenvalue weighted by Gasteiger charge is -2.24. The van der Waals surface area contributed by atoms with E-state index >= 15 is 0 Å². The zero-order valence-corrected chi connectivity index (χ0v) is 9.92.